The topological polar surface area (TPSA) is 99.9 Å². The molecule has 2 aromatic carbocycles. The number of rotatable bonds is 3. The molecule has 7 nitrogen and oxygen atoms in total. The largest absolute Gasteiger partial charge is 0.508 e. The van der Waals surface area contributed by atoms with Crippen LogP contribution >= 0.6 is 0 Å². The Hall–Kier alpha value is -3.82. The molecule has 0 bridgehead atoms. The van der Waals surface area contributed by atoms with Crippen LogP contribution in [-0.2, 0) is 6.18 Å². The van der Waals surface area contributed by atoms with E-state index >= 15 is 0 Å². The number of phenolic OH excluding ortho intramolecular Hbond substituents is 2. The Morgan fingerprint density at radius 2 is 1.75 bits per heavy atom. The minimum atomic E-state index is -4.75. The number of para-hydroxylation sites is 1. The highest BCUT2D eigenvalue weighted by atomic mass is 19.4. The first-order valence-corrected chi connectivity index (χ1v) is 8.00. The normalized spacial score (nSPS) is 11.7. The molecule has 10 heteroatoms. The predicted octanol–water partition coefficient (Wildman–Crippen LogP) is 3.75. The van der Waals surface area contributed by atoms with E-state index in [2.05, 4.69) is 15.3 Å². The smallest absolute Gasteiger partial charge is 0.433 e. The first kappa shape index (κ1) is 17.6. The monoisotopic (exact) mass is 387 g/mol. The van der Waals surface area contributed by atoms with Gasteiger partial charge in [-0.05, 0) is 24.3 Å². The Kier molecular flexibility index (Phi) is 4.03. The van der Waals surface area contributed by atoms with Crippen molar-refractivity contribution in [3.63, 3.8) is 0 Å². The van der Waals surface area contributed by atoms with Crippen LogP contribution in [0.4, 0.5) is 13.2 Å². The number of nitrogens with zero attached hydrogens (tertiary/aromatic N) is 4. The number of H-pyrrole nitrogens is 1. The second-order valence-electron chi connectivity index (χ2n) is 5.88. The van der Waals surface area contributed by atoms with Crippen molar-refractivity contribution in [1.82, 2.24) is 25.0 Å². The quantitative estimate of drug-likeness (QED) is 0.497. The van der Waals surface area contributed by atoms with Crippen molar-refractivity contribution >= 4 is 0 Å². The maximum Gasteiger partial charge on any atom is 0.433 e. The summed E-state index contributed by atoms with van der Waals surface area (Å²) in [6.45, 7) is 0. The summed E-state index contributed by atoms with van der Waals surface area (Å²) in [5.74, 6) is -0.760. The Labute approximate surface area is 155 Å². The van der Waals surface area contributed by atoms with Crippen LogP contribution in [0.1, 0.15) is 5.69 Å². The van der Waals surface area contributed by atoms with E-state index in [4.69, 9.17) is 0 Å². The van der Waals surface area contributed by atoms with Crippen LogP contribution in [0.2, 0.25) is 0 Å². The molecule has 2 heterocycles. The van der Waals surface area contributed by atoms with Gasteiger partial charge in [0.1, 0.15) is 23.5 Å². The van der Waals surface area contributed by atoms with Crippen LogP contribution in [0.5, 0.6) is 11.5 Å². The third kappa shape index (κ3) is 2.94. The average molecular weight is 387 g/mol. The molecule has 4 aromatic rings. The van der Waals surface area contributed by atoms with Crippen molar-refractivity contribution in [2.45, 2.75) is 6.18 Å². The second-order valence-corrected chi connectivity index (χ2v) is 5.88. The van der Waals surface area contributed by atoms with E-state index in [1.807, 2.05) is 5.10 Å². The second kappa shape index (κ2) is 6.41. The summed E-state index contributed by atoms with van der Waals surface area (Å²) in [6.07, 6.45) is -3.46. The van der Waals surface area contributed by atoms with Crippen LogP contribution in [0.25, 0.3) is 28.3 Å². The standard InChI is InChI=1S/C18H12F3N5O2/c19-18(20,21)16-14(15(23-24-16)12-7-6-11(27)8-13(12)28)17-25-22-9-26(17)10-4-2-1-3-5-10/h1-9,27-28H,(H,23,24). The summed E-state index contributed by atoms with van der Waals surface area (Å²) in [4.78, 5) is 0. The van der Waals surface area contributed by atoms with Crippen LogP contribution in [0, 0.1) is 0 Å². The molecule has 0 amide bonds. The van der Waals surface area contributed by atoms with Crippen LogP contribution in [-0.4, -0.2) is 35.2 Å². The molecule has 28 heavy (non-hydrogen) atoms. The summed E-state index contributed by atoms with van der Waals surface area (Å²) >= 11 is 0. The van der Waals surface area contributed by atoms with E-state index in [-0.39, 0.29) is 28.4 Å². The highest BCUT2D eigenvalue weighted by molar-refractivity contribution is 5.83. The molecule has 0 saturated heterocycles. The highest BCUT2D eigenvalue weighted by Gasteiger charge is 2.40. The van der Waals surface area contributed by atoms with Gasteiger partial charge in [0.15, 0.2) is 11.5 Å². The van der Waals surface area contributed by atoms with E-state index in [1.54, 1.807) is 30.3 Å². The number of alkyl halides is 3. The molecular weight excluding hydrogens is 375 g/mol. The molecule has 0 radical (unpaired) electrons. The number of halogens is 3. The lowest BCUT2D eigenvalue weighted by atomic mass is 10.0. The molecule has 142 valence electrons. The number of aromatic hydroxyl groups is 2. The van der Waals surface area contributed by atoms with Gasteiger partial charge in [0.25, 0.3) is 0 Å². The number of benzene rings is 2. The maximum absolute atomic E-state index is 13.6. The number of hydrogen-bond acceptors (Lipinski definition) is 5. The van der Waals surface area contributed by atoms with Crippen LogP contribution in [0.15, 0.2) is 54.9 Å². The zero-order chi connectivity index (χ0) is 19.9. The van der Waals surface area contributed by atoms with Gasteiger partial charge in [-0.15, -0.1) is 10.2 Å². The molecule has 0 spiro atoms. The van der Waals surface area contributed by atoms with E-state index < -0.39 is 17.6 Å². The lowest BCUT2D eigenvalue weighted by molar-refractivity contribution is -0.140. The molecule has 0 aliphatic rings. The first-order valence-electron chi connectivity index (χ1n) is 8.00. The minimum absolute atomic E-state index is 0.00200. The summed E-state index contributed by atoms with van der Waals surface area (Å²) < 4.78 is 42.3. The number of nitrogens with one attached hydrogen (secondary N) is 1. The lowest BCUT2D eigenvalue weighted by Gasteiger charge is -2.11. The van der Waals surface area contributed by atoms with Crippen molar-refractivity contribution in [3.05, 3.63) is 60.6 Å². The molecule has 4 rings (SSSR count). The van der Waals surface area contributed by atoms with E-state index in [9.17, 15) is 23.4 Å². The van der Waals surface area contributed by atoms with E-state index in [1.165, 1.54) is 23.0 Å². The summed E-state index contributed by atoms with van der Waals surface area (Å²) in [5, 5.41) is 33.0. The third-order valence-electron chi connectivity index (χ3n) is 4.09. The average Bonchev–Trinajstić information content (AvgIpc) is 3.28. The Morgan fingerprint density at radius 3 is 2.43 bits per heavy atom. The highest BCUT2D eigenvalue weighted by Crippen LogP contribution is 2.43. The molecule has 2 aromatic heterocycles. The first-order chi connectivity index (χ1) is 13.4. The molecule has 0 unspecified atom stereocenters. The summed E-state index contributed by atoms with van der Waals surface area (Å²) in [6, 6.07) is 12.1. The molecule has 0 saturated carbocycles. The van der Waals surface area contributed by atoms with Crippen molar-refractivity contribution < 1.29 is 23.4 Å². The van der Waals surface area contributed by atoms with Crippen molar-refractivity contribution in [2.24, 2.45) is 0 Å². The minimum Gasteiger partial charge on any atom is -0.508 e. The Morgan fingerprint density at radius 1 is 1.00 bits per heavy atom. The van der Waals surface area contributed by atoms with Crippen LogP contribution in [0.3, 0.4) is 0 Å². The fraction of sp³-hybridized carbons (Fsp3) is 0.0556. The van der Waals surface area contributed by atoms with Crippen molar-refractivity contribution in [1.29, 1.82) is 0 Å². The van der Waals surface area contributed by atoms with Gasteiger partial charge in [-0.25, -0.2) is 0 Å². The van der Waals surface area contributed by atoms with Gasteiger partial charge >= 0.3 is 6.18 Å². The fourth-order valence-corrected chi connectivity index (χ4v) is 2.86. The van der Waals surface area contributed by atoms with Crippen molar-refractivity contribution in [2.75, 3.05) is 0 Å². The van der Waals surface area contributed by atoms with Gasteiger partial charge in [-0.1, -0.05) is 18.2 Å². The van der Waals surface area contributed by atoms with Gasteiger partial charge in [0.05, 0.1) is 5.56 Å². The van der Waals surface area contributed by atoms with E-state index in [0.717, 1.165) is 6.07 Å². The molecule has 3 N–H and O–H groups in total. The molecule has 0 aliphatic heterocycles. The number of phenols is 2. The number of hydrogen-bond donors (Lipinski definition) is 3. The molecule has 0 fully saturated rings. The zero-order valence-electron chi connectivity index (χ0n) is 14.0. The Bertz CT molecular complexity index is 1140. The lowest BCUT2D eigenvalue weighted by Crippen LogP contribution is -2.09. The number of aromatic amines is 1. The predicted molar refractivity (Wildman–Crippen MR) is 92.7 cm³/mol. The van der Waals surface area contributed by atoms with Crippen LogP contribution < -0.4 is 0 Å². The van der Waals surface area contributed by atoms with Gasteiger partial charge in [-0.3, -0.25) is 9.67 Å². The fourth-order valence-electron chi connectivity index (χ4n) is 2.86. The molecule has 0 atom stereocenters. The van der Waals surface area contributed by atoms with Crippen molar-refractivity contribution in [3.8, 4) is 39.8 Å². The zero-order valence-corrected chi connectivity index (χ0v) is 14.0. The van der Waals surface area contributed by atoms with Gasteiger partial charge in [0, 0.05) is 17.3 Å². The van der Waals surface area contributed by atoms with E-state index in [0.29, 0.717) is 5.69 Å². The van der Waals surface area contributed by atoms with Gasteiger partial charge in [0.2, 0.25) is 0 Å². The summed E-state index contributed by atoms with van der Waals surface area (Å²) in [5.41, 5.74) is -1.11. The maximum atomic E-state index is 13.6. The third-order valence-corrected chi connectivity index (χ3v) is 4.09. The summed E-state index contributed by atoms with van der Waals surface area (Å²) in [7, 11) is 0. The number of aromatic nitrogens is 5. The molecule has 0 aliphatic carbocycles. The van der Waals surface area contributed by atoms with Gasteiger partial charge < -0.3 is 10.2 Å². The molecular formula is C18H12F3N5O2. The van der Waals surface area contributed by atoms with Gasteiger partial charge in [-0.2, -0.15) is 18.3 Å². The Balaban J connectivity index is 1.99. The SMILES string of the molecule is Oc1ccc(-c2n[nH]c(C(F)(F)F)c2-c2nncn2-c2ccccc2)c(O)c1.